The van der Waals surface area contributed by atoms with Crippen molar-refractivity contribution in [2.24, 2.45) is 5.73 Å². The van der Waals surface area contributed by atoms with E-state index in [1.54, 1.807) is 0 Å². The maximum absolute atomic E-state index is 11.7. The van der Waals surface area contributed by atoms with Crippen molar-refractivity contribution >= 4 is 17.5 Å². The summed E-state index contributed by atoms with van der Waals surface area (Å²) in [4.78, 5) is 14.1. The molecule has 0 radical (unpaired) electrons. The van der Waals surface area contributed by atoms with Crippen LogP contribution in [0.2, 0.25) is 5.02 Å². The number of hydrogen-bond donors (Lipinski definition) is 2. The van der Waals surface area contributed by atoms with E-state index >= 15 is 0 Å². The van der Waals surface area contributed by atoms with Crippen LogP contribution in [0.25, 0.3) is 0 Å². The van der Waals surface area contributed by atoms with Gasteiger partial charge in [-0.1, -0.05) is 23.7 Å². The smallest absolute Gasteiger partial charge is 0.220 e. The third-order valence-corrected chi connectivity index (χ3v) is 4.13. The minimum absolute atomic E-state index is 0.136. The van der Waals surface area contributed by atoms with Crippen LogP contribution in [-0.4, -0.2) is 36.5 Å². The number of carbonyl (C=O) groups is 1. The average molecular weight is 310 g/mol. The molecule has 116 valence electrons. The molecule has 0 saturated carbocycles. The van der Waals surface area contributed by atoms with Gasteiger partial charge in [0.2, 0.25) is 5.91 Å². The molecule has 0 aromatic heterocycles. The summed E-state index contributed by atoms with van der Waals surface area (Å²) < 4.78 is 0. The molecule has 0 unspecified atom stereocenters. The molecule has 1 aromatic carbocycles. The number of carbonyl (C=O) groups excluding carboxylic acids is 1. The van der Waals surface area contributed by atoms with E-state index in [1.165, 1.54) is 5.56 Å². The third-order valence-electron chi connectivity index (χ3n) is 3.88. The molecular formula is C16H24ClN3O. The van der Waals surface area contributed by atoms with Crippen molar-refractivity contribution in [1.29, 1.82) is 0 Å². The summed E-state index contributed by atoms with van der Waals surface area (Å²) in [7, 11) is 0. The molecule has 0 bridgehead atoms. The van der Waals surface area contributed by atoms with Crippen LogP contribution in [0.1, 0.15) is 31.2 Å². The number of nitrogens with two attached hydrogens (primary N) is 1. The minimum atomic E-state index is 0.136. The van der Waals surface area contributed by atoms with Gasteiger partial charge in [-0.05, 0) is 43.5 Å². The minimum Gasteiger partial charge on any atom is -0.353 e. The summed E-state index contributed by atoms with van der Waals surface area (Å²) in [5.74, 6) is 0.136. The summed E-state index contributed by atoms with van der Waals surface area (Å²) in [5, 5.41) is 3.88. The zero-order valence-corrected chi connectivity index (χ0v) is 13.1. The molecule has 1 aromatic rings. The topological polar surface area (TPSA) is 58.4 Å². The van der Waals surface area contributed by atoms with Gasteiger partial charge in [0.15, 0.2) is 0 Å². The van der Waals surface area contributed by atoms with Crippen molar-refractivity contribution in [3.05, 3.63) is 34.9 Å². The van der Waals surface area contributed by atoms with E-state index in [-0.39, 0.29) is 5.91 Å². The fourth-order valence-electron chi connectivity index (χ4n) is 2.65. The quantitative estimate of drug-likeness (QED) is 0.846. The highest BCUT2D eigenvalue weighted by atomic mass is 35.5. The van der Waals surface area contributed by atoms with Crippen molar-refractivity contribution in [3.63, 3.8) is 0 Å². The van der Waals surface area contributed by atoms with Gasteiger partial charge in [-0.15, -0.1) is 0 Å². The maximum Gasteiger partial charge on any atom is 0.220 e. The van der Waals surface area contributed by atoms with Gasteiger partial charge in [0.1, 0.15) is 0 Å². The zero-order valence-electron chi connectivity index (χ0n) is 12.4. The number of halogens is 1. The molecule has 21 heavy (non-hydrogen) atoms. The van der Waals surface area contributed by atoms with E-state index in [2.05, 4.69) is 22.3 Å². The lowest BCUT2D eigenvalue weighted by Crippen LogP contribution is -2.44. The molecule has 1 aliphatic rings. The fourth-order valence-corrected chi connectivity index (χ4v) is 2.77. The highest BCUT2D eigenvalue weighted by Gasteiger charge is 2.20. The highest BCUT2D eigenvalue weighted by molar-refractivity contribution is 6.30. The van der Waals surface area contributed by atoms with Gasteiger partial charge >= 0.3 is 0 Å². The number of piperidine rings is 1. The van der Waals surface area contributed by atoms with Crippen LogP contribution in [0.5, 0.6) is 0 Å². The van der Waals surface area contributed by atoms with Crippen molar-refractivity contribution in [2.75, 3.05) is 19.6 Å². The number of hydrogen-bond acceptors (Lipinski definition) is 3. The van der Waals surface area contributed by atoms with Crippen LogP contribution in [-0.2, 0) is 11.3 Å². The van der Waals surface area contributed by atoms with Gasteiger partial charge in [0.05, 0.1) is 0 Å². The van der Waals surface area contributed by atoms with Gasteiger partial charge in [-0.3, -0.25) is 9.69 Å². The Morgan fingerprint density at radius 3 is 2.57 bits per heavy atom. The average Bonchev–Trinajstić information content (AvgIpc) is 2.49. The largest absolute Gasteiger partial charge is 0.353 e. The van der Waals surface area contributed by atoms with Crippen molar-refractivity contribution < 1.29 is 4.79 Å². The fraction of sp³-hybridized carbons (Fsp3) is 0.562. The van der Waals surface area contributed by atoms with Crippen molar-refractivity contribution in [2.45, 2.75) is 38.3 Å². The Labute approximate surface area is 131 Å². The van der Waals surface area contributed by atoms with Crippen LogP contribution >= 0.6 is 11.6 Å². The van der Waals surface area contributed by atoms with E-state index in [0.29, 0.717) is 19.0 Å². The molecule has 4 nitrogen and oxygen atoms in total. The van der Waals surface area contributed by atoms with Crippen LogP contribution in [0.15, 0.2) is 24.3 Å². The summed E-state index contributed by atoms with van der Waals surface area (Å²) in [6, 6.07) is 8.33. The number of rotatable bonds is 6. The first-order chi connectivity index (χ1) is 10.2. The third kappa shape index (κ3) is 5.65. The second kappa shape index (κ2) is 8.37. The van der Waals surface area contributed by atoms with Gasteiger partial charge < -0.3 is 11.1 Å². The Balaban J connectivity index is 1.70. The van der Waals surface area contributed by atoms with E-state index < -0.39 is 0 Å². The molecule has 1 heterocycles. The summed E-state index contributed by atoms with van der Waals surface area (Å²) in [6.45, 7) is 3.56. The lowest BCUT2D eigenvalue weighted by Gasteiger charge is -2.32. The molecule has 2 rings (SSSR count). The number of benzene rings is 1. The monoisotopic (exact) mass is 309 g/mol. The Kier molecular flexibility index (Phi) is 6.49. The molecule has 3 N–H and O–H groups in total. The first-order valence-corrected chi connectivity index (χ1v) is 8.01. The van der Waals surface area contributed by atoms with Gasteiger partial charge in [0, 0.05) is 37.1 Å². The molecule has 1 saturated heterocycles. The Hall–Kier alpha value is -1.10. The maximum atomic E-state index is 11.7. The predicted octanol–water partition coefficient (Wildman–Crippen LogP) is 2.16. The molecule has 0 aliphatic carbocycles. The van der Waals surface area contributed by atoms with E-state index in [0.717, 1.165) is 43.9 Å². The van der Waals surface area contributed by atoms with Gasteiger partial charge in [-0.25, -0.2) is 0 Å². The van der Waals surface area contributed by atoms with Crippen LogP contribution < -0.4 is 11.1 Å². The predicted molar refractivity (Wildman–Crippen MR) is 86.2 cm³/mol. The second-order valence-corrected chi connectivity index (χ2v) is 6.07. The van der Waals surface area contributed by atoms with Crippen molar-refractivity contribution in [3.8, 4) is 0 Å². The Morgan fingerprint density at radius 2 is 1.95 bits per heavy atom. The van der Waals surface area contributed by atoms with Crippen LogP contribution in [0.3, 0.4) is 0 Å². The number of nitrogens with one attached hydrogen (secondary N) is 1. The van der Waals surface area contributed by atoms with E-state index in [4.69, 9.17) is 17.3 Å². The normalized spacial score (nSPS) is 16.9. The highest BCUT2D eigenvalue weighted by Crippen LogP contribution is 2.16. The number of nitrogens with zero attached hydrogens (tertiary/aromatic N) is 1. The zero-order chi connectivity index (χ0) is 15.1. The van der Waals surface area contributed by atoms with Crippen LogP contribution in [0.4, 0.5) is 0 Å². The molecule has 0 spiro atoms. The molecule has 0 atom stereocenters. The lowest BCUT2D eigenvalue weighted by atomic mass is 10.0. The van der Waals surface area contributed by atoms with Gasteiger partial charge in [-0.2, -0.15) is 0 Å². The van der Waals surface area contributed by atoms with Crippen molar-refractivity contribution in [1.82, 2.24) is 10.2 Å². The summed E-state index contributed by atoms with van der Waals surface area (Å²) in [6.07, 6.45) is 3.34. The first kappa shape index (κ1) is 16.3. The lowest BCUT2D eigenvalue weighted by molar-refractivity contribution is -0.122. The molecule has 5 heteroatoms. The Morgan fingerprint density at radius 1 is 1.29 bits per heavy atom. The SMILES string of the molecule is NCCCC(=O)NC1CCN(Cc2ccc(Cl)cc2)CC1. The molecule has 1 fully saturated rings. The molecule has 1 amide bonds. The molecular weight excluding hydrogens is 286 g/mol. The number of amides is 1. The second-order valence-electron chi connectivity index (χ2n) is 5.64. The van der Waals surface area contributed by atoms with Crippen LogP contribution in [0, 0.1) is 0 Å². The standard InChI is InChI=1S/C16H24ClN3O/c17-14-5-3-13(4-6-14)12-20-10-7-15(8-11-20)19-16(21)2-1-9-18/h3-6,15H,1-2,7-12,18H2,(H,19,21). The Bertz CT molecular complexity index is 441. The number of likely N-dealkylation sites (tertiary alicyclic amines) is 1. The molecule has 1 aliphatic heterocycles. The first-order valence-electron chi connectivity index (χ1n) is 7.63. The van der Waals surface area contributed by atoms with Gasteiger partial charge in [0.25, 0.3) is 0 Å². The summed E-state index contributed by atoms with van der Waals surface area (Å²) >= 11 is 5.90. The van der Waals surface area contributed by atoms with E-state index in [9.17, 15) is 4.79 Å². The summed E-state index contributed by atoms with van der Waals surface area (Å²) in [5.41, 5.74) is 6.70. The van der Waals surface area contributed by atoms with E-state index in [1.807, 2.05) is 12.1 Å².